The van der Waals surface area contributed by atoms with Gasteiger partial charge in [0.1, 0.15) is 0 Å². The molecule has 0 saturated heterocycles. The summed E-state index contributed by atoms with van der Waals surface area (Å²) in [6.07, 6.45) is 18.2. The molecule has 0 N–H and O–H groups in total. The molecule has 0 spiro atoms. The van der Waals surface area contributed by atoms with Crippen LogP contribution in [0.3, 0.4) is 0 Å². The van der Waals surface area contributed by atoms with Crippen LogP contribution in [0.15, 0.2) is 54.6 Å². The fourth-order valence-corrected chi connectivity index (χ4v) is 3.19. The molecule has 2 aromatic carbocycles. The maximum absolute atomic E-state index is 2.37. The average Bonchev–Trinajstić information content (AvgIpc) is 2.60. The zero-order valence-corrected chi connectivity index (χ0v) is 14.8. The van der Waals surface area contributed by atoms with Crippen molar-refractivity contribution in [1.82, 2.24) is 0 Å². The molecule has 124 valence electrons. The van der Waals surface area contributed by atoms with Crippen LogP contribution in [0.25, 0.3) is 10.8 Å². The monoisotopic (exact) mass is 308 g/mol. The smallest absolute Gasteiger partial charge is 0.00913 e. The lowest BCUT2D eigenvalue weighted by molar-refractivity contribution is 0.577. The first kappa shape index (κ1) is 17.8. The first-order valence-electron chi connectivity index (χ1n) is 9.53. The molecule has 0 bridgehead atoms. The van der Waals surface area contributed by atoms with Crippen LogP contribution in [0.4, 0.5) is 0 Å². The van der Waals surface area contributed by atoms with Gasteiger partial charge in [0.05, 0.1) is 0 Å². The molecule has 0 heteroatoms. The highest BCUT2D eigenvalue weighted by atomic mass is 14.0. The Kier molecular flexibility index (Phi) is 8.55. The summed E-state index contributed by atoms with van der Waals surface area (Å²) in [4.78, 5) is 0. The number of benzene rings is 2. The highest BCUT2D eigenvalue weighted by molar-refractivity contribution is 5.85. The predicted octanol–water partition coefficient (Wildman–Crippen LogP) is 7.47. The summed E-state index contributed by atoms with van der Waals surface area (Å²) in [6.45, 7) is 2.28. The van der Waals surface area contributed by atoms with E-state index in [1.807, 2.05) is 0 Å². The normalized spacial score (nSPS) is 11.5. The maximum atomic E-state index is 2.37. The Labute approximate surface area is 142 Å². The van der Waals surface area contributed by atoms with Crippen molar-refractivity contribution in [2.75, 3.05) is 0 Å². The van der Waals surface area contributed by atoms with E-state index in [-0.39, 0.29) is 0 Å². The van der Waals surface area contributed by atoms with Gasteiger partial charge in [-0.25, -0.2) is 0 Å². The van der Waals surface area contributed by atoms with Crippen LogP contribution in [-0.4, -0.2) is 0 Å². The lowest BCUT2D eigenvalue weighted by atomic mass is 10.0. The van der Waals surface area contributed by atoms with Crippen molar-refractivity contribution in [3.05, 3.63) is 60.2 Å². The van der Waals surface area contributed by atoms with E-state index in [4.69, 9.17) is 0 Å². The Balaban J connectivity index is 1.61. The Bertz CT molecular complexity index is 574. The van der Waals surface area contributed by atoms with Gasteiger partial charge in [0.15, 0.2) is 0 Å². The van der Waals surface area contributed by atoms with Gasteiger partial charge in [-0.3, -0.25) is 0 Å². The number of allylic oxidation sites excluding steroid dienone is 2. The van der Waals surface area contributed by atoms with Gasteiger partial charge in [0.2, 0.25) is 0 Å². The fourth-order valence-electron chi connectivity index (χ4n) is 3.19. The van der Waals surface area contributed by atoms with E-state index in [1.54, 1.807) is 0 Å². The predicted molar refractivity (Wildman–Crippen MR) is 104 cm³/mol. The van der Waals surface area contributed by atoms with E-state index in [2.05, 4.69) is 61.5 Å². The van der Waals surface area contributed by atoms with Crippen molar-refractivity contribution < 1.29 is 0 Å². The molecule has 0 nitrogen and oxygen atoms in total. The minimum atomic E-state index is 1.05. The molecule has 0 amide bonds. The summed E-state index contributed by atoms with van der Waals surface area (Å²) in [5.41, 5.74) is 1.44. The van der Waals surface area contributed by atoms with Crippen LogP contribution in [0.1, 0.15) is 70.3 Å². The Hall–Kier alpha value is -1.56. The third kappa shape index (κ3) is 6.60. The van der Waals surface area contributed by atoms with Gasteiger partial charge in [0, 0.05) is 0 Å². The SMILES string of the molecule is CCCCCCCCCC/C=C/Cc1cccc2ccccc12. The van der Waals surface area contributed by atoms with E-state index in [1.165, 1.54) is 74.1 Å². The number of fused-ring (bicyclic) bond motifs is 1. The van der Waals surface area contributed by atoms with Crippen molar-refractivity contribution in [3.63, 3.8) is 0 Å². The lowest BCUT2D eigenvalue weighted by Gasteiger charge is -2.03. The third-order valence-electron chi connectivity index (χ3n) is 4.61. The van der Waals surface area contributed by atoms with Crippen LogP contribution in [0, 0.1) is 0 Å². The summed E-state index contributed by atoms with van der Waals surface area (Å²) >= 11 is 0. The largest absolute Gasteiger partial charge is 0.0882 e. The third-order valence-corrected chi connectivity index (χ3v) is 4.61. The van der Waals surface area contributed by atoms with E-state index >= 15 is 0 Å². The highest BCUT2D eigenvalue weighted by Gasteiger charge is 1.97. The molecule has 0 atom stereocenters. The zero-order chi connectivity index (χ0) is 16.2. The molecule has 0 fully saturated rings. The molecule has 2 rings (SSSR count). The first-order chi connectivity index (χ1) is 11.4. The molecule has 2 aromatic rings. The van der Waals surface area contributed by atoms with Crippen molar-refractivity contribution in [1.29, 1.82) is 0 Å². The second-order valence-electron chi connectivity index (χ2n) is 6.58. The van der Waals surface area contributed by atoms with E-state index in [0.717, 1.165) is 6.42 Å². The van der Waals surface area contributed by atoms with Gasteiger partial charge < -0.3 is 0 Å². The quantitative estimate of drug-likeness (QED) is 0.298. The van der Waals surface area contributed by atoms with Crippen molar-refractivity contribution in [3.8, 4) is 0 Å². The van der Waals surface area contributed by atoms with Crippen LogP contribution in [0.5, 0.6) is 0 Å². The summed E-state index contributed by atoms with van der Waals surface area (Å²) < 4.78 is 0. The van der Waals surface area contributed by atoms with Gasteiger partial charge in [-0.2, -0.15) is 0 Å². The molecular formula is C23H32. The first-order valence-corrected chi connectivity index (χ1v) is 9.53. The highest BCUT2D eigenvalue weighted by Crippen LogP contribution is 2.19. The van der Waals surface area contributed by atoms with E-state index in [0.29, 0.717) is 0 Å². The van der Waals surface area contributed by atoms with Gasteiger partial charge in [0.25, 0.3) is 0 Å². The molecule has 23 heavy (non-hydrogen) atoms. The second kappa shape index (κ2) is 11.0. The van der Waals surface area contributed by atoms with Gasteiger partial charge in [-0.05, 0) is 35.6 Å². The van der Waals surface area contributed by atoms with Crippen molar-refractivity contribution in [2.24, 2.45) is 0 Å². The molecule has 0 radical (unpaired) electrons. The molecule has 0 aliphatic rings. The number of rotatable bonds is 11. The van der Waals surface area contributed by atoms with Gasteiger partial charge >= 0.3 is 0 Å². The van der Waals surface area contributed by atoms with E-state index < -0.39 is 0 Å². The lowest BCUT2D eigenvalue weighted by Crippen LogP contribution is -1.84. The molecule has 0 saturated carbocycles. The molecule has 0 heterocycles. The van der Waals surface area contributed by atoms with E-state index in [9.17, 15) is 0 Å². The zero-order valence-electron chi connectivity index (χ0n) is 14.8. The topological polar surface area (TPSA) is 0 Å². The maximum Gasteiger partial charge on any atom is -0.00913 e. The Morgan fingerprint density at radius 1 is 0.696 bits per heavy atom. The Morgan fingerprint density at radius 2 is 1.39 bits per heavy atom. The summed E-state index contributed by atoms with van der Waals surface area (Å²) in [5.74, 6) is 0. The molecule has 0 unspecified atom stereocenters. The number of hydrogen-bond donors (Lipinski definition) is 0. The van der Waals surface area contributed by atoms with Crippen LogP contribution in [0.2, 0.25) is 0 Å². The van der Waals surface area contributed by atoms with Crippen molar-refractivity contribution >= 4 is 10.8 Å². The molecule has 0 aliphatic heterocycles. The van der Waals surface area contributed by atoms with Crippen molar-refractivity contribution in [2.45, 2.75) is 71.1 Å². The summed E-state index contributed by atoms with van der Waals surface area (Å²) in [7, 11) is 0. The van der Waals surface area contributed by atoms with Crippen LogP contribution >= 0.6 is 0 Å². The van der Waals surface area contributed by atoms with Gasteiger partial charge in [-0.1, -0.05) is 106 Å². The minimum Gasteiger partial charge on any atom is -0.0882 e. The molecule has 0 aromatic heterocycles. The number of hydrogen-bond acceptors (Lipinski definition) is 0. The second-order valence-corrected chi connectivity index (χ2v) is 6.58. The molecular weight excluding hydrogens is 276 g/mol. The van der Waals surface area contributed by atoms with Crippen LogP contribution in [-0.2, 0) is 6.42 Å². The number of unbranched alkanes of at least 4 members (excludes halogenated alkanes) is 8. The van der Waals surface area contributed by atoms with Gasteiger partial charge in [-0.15, -0.1) is 0 Å². The van der Waals surface area contributed by atoms with Crippen LogP contribution < -0.4 is 0 Å². The summed E-state index contributed by atoms with van der Waals surface area (Å²) in [6, 6.07) is 15.3. The molecule has 0 aliphatic carbocycles. The fraction of sp³-hybridized carbons (Fsp3) is 0.478. The average molecular weight is 309 g/mol. The Morgan fingerprint density at radius 3 is 2.22 bits per heavy atom. The summed E-state index contributed by atoms with van der Waals surface area (Å²) in [5, 5.41) is 2.74. The standard InChI is InChI=1S/C23H32/c1-2-3-4-5-6-7-8-9-10-11-12-16-21-18-15-19-22-17-13-14-20-23(21)22/h11-15,17-20H,2-10,16H2,1H3/b12-11+. The minimum absolute atomic E-state index is 1.05.